The van der Waals surface area contributed by atoms with Crippen LogP contribution in [0.1, 0.15) is 104 Å². The normalized spacial score (nSPS) is 18.2. The zero-order valence-corrected chi connectivity index (χ0v) is 40.0. The van der Waals surface area contributed by atoms with Gasteiger partial charge in [0.1, 0.15) is 42.3 Å². The first-order valence-electron chi connectivity index (χ1n) is 23.6. The lowest BCUT2D eigenvalue weighted by Crippen LogP contribution is -2.60. The number of rotatable bonds is 29. The Labute approximate surface area is 402 Å². The molecule has 26 heteroatoms. The number of amides is 7. The molecule has 0 radical (unpaired) electrons. The molecule has 0 aliphatic carbocycles. The fourth-order valence-electron chi connectivity index (χ4n) is 8.16. The van der Waals surface area contributed by atoms with Crippen LogP contribution in [-0.2, 0) is 44.8 Å². The Morgan fingerprint density at radius 2 is 1.23 bits per heavy atom. The highest BCUT2D eigenvalue weighted by atomic mass is 16.4. The van der Waals surface area contributed by atoms with E-state index >= 15 is 0 Å². The van der Waals surface area contributed by atoms with E-state index in [4.69, 9.17) is 34.4 Å². The summed E-state index contributed by atoms with van der Waals surface area (Å²) in [5.74, 6) is -5.99. The van der Waals surface area contributed by atoms with Crippen molar-refractivity contribution >= 4 is 59.2 Å². The first kappa shape index (κ1) is 56.8. The number of imidazole rings is 1. The van der Waals surface area contributed by atoms with Crippen molar-refractivity contribution in [2.75, 3.05) is 32.7 Å². The van der Waals surface area contributed by atoms with Gasteiger partial charge in [0.2, 0.25) is 41.4 Å². The van der Waals surface area contributed by atoms with Crippen molar-refractivity contribution < 1.29 is 43.5 Å². The van der Waals surface area contributed by atoms with Gasteiger partial charge in [0.15, 0.2) is 11.9 Å². The number of hydrogen-bond acceptors (Lipinski definition) is 13. The van der Waals surface area contributed by atoms with Gasteiger partial charge in [-0.25, -0.2) is 4.98 Å². The zero-order chi connectivity index (χ0) is 51.2. The van der Waals surface area contributed by atoms with Crippen molar-refractivity contribution in [3.63, 3.8) is 0 Å². The maximum absolute atomic E-state index is 14.6. The smallest absolute Gasteiger partial charge is 0.325 e. The minimum Gasteiger partial charge on any atom is -0.480 e. The molecular formula is C43H75N17O9. The standard InChI is InChI=1S/C43H75N17O9/c1-24(2)20-31(58-36(63)30(21-26-22-50-23-53-26)57-35(62)28(11-4-5-15-44)55-34(61)27(45)10-6-16-51-42(46)47)40(67)60-19-9-14-33(60)38(65)56-29(12-7-17-52-43(48)49)39(66)59-18-8-13-32(59)37(64)54-25(3)41(68)69/h22-25,27-33H,4-21,44-45H2,1-3H3,(H,50,53)(H,54,64)(H,55,61)(H,56,65)(H,57,62)(H,58,63)(H,68,69)(H4,46,47,51)(H4,48,49,52)/t25-,27-,28-,29-,30-,31-,32-,33-/m0/s1. The highest BCUT2D eigenvalue weighted by Gasteiger charge is 2.42. The second-order valence-electron chi connectivity index (χ2n) is 17.9. The quantitative estimate of drug-likeness (QED) is 0.0207. The number of unbranched alkanes of at least 4 members (excludes halogenated alkanes) is 1. The molecule has 0 bridgehead atoms. The number of carbonyl (C=O) groups excluding carboxylic acids is 7. The van der Waals surface area contributed by atoms with Crippen LogP contribution in [0.3, 0.4) is 0 Å². The third-order valence-electron chi connectivity index (χ3n) is 11.8. The molecule has 3 heterocycles. The minimum atomic E-state index is -1.27. The van der Waals surface area contributed by atoms with Crippen LogP contribution in [0.2, 0.25) is 0 Å². The Bertz CT molecular complexity index is 1940. The van der Waals surface area contributed by atoms with Gasteiger partial charge in [0, 0.05) is 44.5 Å². The Kier molecular flexibility index (Phi) is 23.6. The van der Waals surface area contributed by atoms with Crippen molar-refractivity contribution in [1.82, 2.24) is 46.4 Å². The molecule has 0 aromatic carbocycles. The lowest BCUT2D eigenvalue weighted by Gasteiger charge is -2.32. The Morgan fingerprint density at radius 1 is 0.710 bits per heavy atom. The van der Waals surface area contributed by atoms with Crippen LogP contribution in [-0.4, -0.2) is 165 Å². The molecule has 1 aromatic rings. The summed E-state index contributed by atoms with van der Waals surface area (Å²) in [6, 6.07) is -8.88. The second-order valence-corrected chi connectivity index (χ2v) is 17.9. The van der Waals surface area contributed by atoms with Crippen molar-refractivity contribution in [3.8, 4) is 0 Å². The molecule has 26 nitrogen and oxygen atoms in total. The number of likely N-dealkylation sites (tertiary alicyclic amines) is 2. The fraction of sp³-hybridized carbons (Fsp3) is 0.698. The average molecular weight is 974 g/mol. The molecule has 386 valence electrons. The zero-order valence-electron chi connectivity index (χ0n) is 40.0. The molecule has 1 aromatic heterocycles. The van der Waals surface area contributed by atoms with Crippen molar-refractivity contribution in [2.24, 2.45) is 50.3 Å². The molecule has 7 amide bonds. The average Bonchev–Trinajstić information content (AvgIpc) is 4.10. The summed E-state index contributed by atoms with van der Waals surface area (Å²) in [4.78, 5) is 127. The van der Waals surface area contributed by atoms with Crippen LogP contribution in [0.15, 0.2) is 22.5 Å². The van der Waals surface area contributed by atoms with Crippen LogP contribution in [0, 0.1) is 5.92 Å². The Balaban J connectivity index is 1.84. The summed E-state index contributed by atoms with van der Waals surface area (Å²) in [6.45, 7) is 6.11. The van der Waals surface area contributed by atoms with E-state index in [0.717, 1.165) is 0 Å². The van der Waals surface area contributed by atoms with Gasteiger partial charge >= 0.3 is 5.97 Å². The lowest BCUT2D eigenvalue weighted by atomic mass is 10.0. The Morgan fingerprint density at radius 3 is 1.77 bits per heavy atom. The van der Waals surface area contributed by atoms with Gasteiger partial charge < -0.3 is 80.9 Å². The van der Waals surface area contributed by atoms with E-state index in [1.165, 1.54) is 29.2 Å². The predicted octanol–water partition coefficient (Wildman–Crippen LogP) is -3.93. The molecule has 2 aliphatic rings. The van der Waals surface area contributed by atoms with E-state index in [-0.39, 0.29) is 95.4 Å². The summed E-state index contributed by atoms with van der Waals surface area (Å²) in [5, 5.41) is 22.9. The first-order chi connectivity index (χ1) is 32.7. The number of carbonyl (C=O) groups is 8. The summed E-state index contributed by atoms with van der Waals surface area (Å²) in [7, 11) is 0. The molecule has 19 N–H and O–H groups in total. The van der Waals surface area contributed by atoms with E-state index in [0.29, 0.717) is 44.3 Å². The lowest BCUT2D eigenvalue weighted by molar-refractivity contribution is -0.145. The van der Waals surface area contributed by atoms with Gasteiger partial charge in [-0.3, -0.25) is 48.3 Å². The second kappa shape index (κ2) is 28.7. The number of carboxylic acids is 1. The molecule has 69 heavy (non-hydrogen) atoms. The van der Waals surface area contributed by atoms with E-state index in [2.05, 4.69) is 46.5 Å². The summed E-state index contributed by atoms with van der Waals surface area (Å²) in [6.07, 6.45) is 6.57. The Hall–Kier alpha value is -6.57. The molecule has 0 saturated carbocycles. The van der Waals surface area contributed by atoms with Crippen LogP contribution in [0.4, 0.5) is 0 Å². The summed E-state index contributed by atoms with van der Waals surface area (Å²) < 4.78 is 0. The van der Waals surface area contributed by atoms with Crippen LogP contribution in [0.25, 0.3) is 0 Å². The molecule has 2 aliphatic heterocycles. The molecule has 8 atom stereocenters. The van der Waals surface area contributed by atoms with Crippen molar-refractivity contribution in [1.29, 1.82) is 0 Å². The van der Waals surface area contributed by atoms with Crippen LogP contribution < -0.4 is 61.0 Å². The predicted molar refractivity (Wildman–Crippen MR) is 255 cm³/mol. The van der Waals surface area contributed by atoms with Crippen LogP contribution in [0.5, 0.6) is 0 Å². The number of H-pyrrole nitrogens is 1. The molecule has 0 unspecified atom stereocenters. The monoisotopic (exact) mass is 974 g/mol. The van der Waals surface area contributed by atoms with Gasteiger partial charge in [0.25, 0.3) is 0 Å². The number of nitrogens with zero attached hydrogens (tertiary/aromatic N) is 5. The number of nitrogens with one attached hydrogen (secondary N) is 6. The first-order valence-corrected chi connectivity index (χ1v) is 23.6. The molecular weight excluding hydrogens is 899 g/mol. The molecule has 2 fully saturated rings. The highest BCUT2D eigenvalue weighted by molar-refractivity contribution is 5.98. The van der Waals surface area contributed by atoms with Gasteiger partial charge in [0.05, 0.1) is 12.4 Å². The maximum atomic E-state index is 14.6. The number of aromatic nitrogens is 2. The number of guanidine groups is 2. The van der Waals surface area contributed by atoms with Gasteiger partial charge in [-0.15, -0.1) is 0 Å². The molecule has 2 saturated heterocycles. The number of carboxylic acid groups (broad SMARTS) is 1. The fourth-order valence-corrected chi connectivity index (χ4v) is 8.16. The third-order valence-corrected chi connectivity index (χ3v) is 11.8. The maximum Gasteiger partial charge on any atom is 0.325 e. The number of aliphatic carboxylic acids is 1. The van der Waals surface area contributed by atoms with Crippen molar-refractivity contribution in [2.45, 2.75) is 153 Å². The topological polar surface area (TPSA) is 433 Å². The van der Waals surface area contributed by atoms with Gasteiger partial charge in [-0.1, -0.05) is 13.8 Å². The molecule has 0 spiro atoms. The van der Waals surface area contributed by atoms with E-state index < -0.39 is 95.7 Å². The largest absolute Gasteiger partial charge is 0.480 e. The minimum absolute atomic E-state index is 0.0684. The van der Waals surface area contributed by atoms with Crippen molar-refractivity contribution in [3.05, 3.63) is 18.2 Å². The van der Waals surface area contributed by atoms with Gasteiger partial charge in [-0.2, -0.15) is 0 Å². The number of aliphatic imine (C=N–C) groups is 2. The van der Waals surface area contributed by atoms with E-state index in [9.17, 15) is 43.5 Å². The summed E-state index contributed by atoms with van der Waals surface area (Å²) in [5.41, 5.74) is 34.1. The third kappa shape index (κ3) is 18.8. The van der Waals surface area contributed by atoms with Gasteiger partial charge in [-0.05, 0) is 96.4 Å². The number of hydrogen-bond donors (Lipinski definition) is 13. The van der Waals surface area contributed by atoms with Crippen LogP contribution >= 0.6 is 0 Å². The molecule has 3 rings (SSSR count). The summed E-state index contributed by atoms with van der Waals surface area (Å²) >= 11 is 0. The van der Waals surface area contributed by atoms with E-state index in [1.54, 1.807) is 0 Å². The van der Waals surface area contributed by atoms with E-state index in [1.807, 2.05) is 13.8 Å². The highest BCUT2D eigenvalue weighted by Crippen LogP contribution is 2.23. The SMILES string of the molecule is CC(C)C[C@H](NC(=O)[C@H](Cc1cnc[nH]1)NC(=O)[C@H](CCCCN)NC(=O)[C@@H](N)CCCN=C(N)N)C(=O)N1CCC[C@H]1C(=O)N[C@@H](CCCN=C(N)N)C(=O)N1CCC[C@H]1C(=O)N[C@@H](C)C(=O)O. The number of nitrogens with two attached hydrogens (primary N) is 6. The number of aromatic amines is 1.